The first-order chi connectivity index (χ1) is 16.8. The Hall–Kier alpha value is -4.86. The predicted molar refractivity (Wildman–Crippen MR) is 122 cm³/mol. The van der Waals surface area contributed by atoms with E-state index < -0.39 is 23.7 Å². The van der Waals surface area contributed by atoms with Crippen LogP contribution in [0.15, 0.2) is 54.6 Å². The molecule has 1 N–H and O–H groups in total. The molecular formula is C25H19N2O8-. The standard InChI is InChI=1S/C25H20N2O8/c1-33-19-7-5-4-6-18(19)27-23(29)14-9-8-13(10-15(14)24(27)30)22(28)26-17-12-21(35-3)20(34-2)11-16(17)25(31)32/h4-12H,1-3H3,(H,26,28)(H,31,32)/p-1. The minimum Gasteiger partial charge on any atom is -0.545 e. The van der Waals surface area contributed by atoms with Crippen LogP contribution in [-0.4, -0.2) is 45.0 Å². The second-order valence-electron chi connectivity index (χ2n) is 7.37. The molecule has 0 atom stereocenters. The number of hydrogen-bond acceptors (Lipinski definition) is 8. The van der Waals surface area contributed by atoms with Crippen LogP contribution in [-0.2, 0) is 0 Å². The second kappa shape index (κ2) is 9.18. The maximum Gasteiger partial charge on any atom is 0.266 e. The van der Waals surface area contributed by atoms with Crippen molar-refractivity contribution in [3.8, 4) is 17.2 Å². The number of para-hydroxylation sites is 2. The van der Waals surface area contributed by atoms with E-state index in [9.17, 15) is 24.3 Å². The monoisotopic (exact) mass is 475 g/mol. The molecule has 0 bridgehead atoms. The number of anilines is 2. The van der Waals surface area contributed by atoms with Gasteiger partial charge in [-0.15, -0.1) is 0 Å². The molecular weight excluding hydrogens is 456 g/mol. The largest absolute Gasteiger partial charge is 0.545 e. The lowest BCUT2D eigenvalue weighted by molar-refractivity contribution is -0.254. The van der Waals surface area contributed by atoms with Crippen molar-refractivity contribution in [1.82, 2.24) is 0 Å². The van der Waals surface area contributed by atoms with Crippen molar-refractivity contribution in [2.75, 3.05) is 31.5 Å². The lowest BCUT2D eigenvalue weighted by atomic mass is 10.0. The minimum absolute atomic E-state index is 0.0287. The fourth-order valence-corrected chi connectivity index (χ4v) is 3.76. The lowest BCUT2D eigenvalue weighted by Crippen LogP contribution is -2.29. The Morgan fingerprint density at radius 3 is 2.09 bits per heavy atom. The van der Waals surface area contributed by atoms with Crippen molar-refractivity contribution in [3.63, 3.8) is 0 Å². The number of aromatic carboxylic acids is 1. The van der Waals surface area contributed by atoms with Gasteiger partial charge in [0, 0.05) is 17.2 Å². The Kier molecular flexibility index (Phi) is 6.11. The summed E-state index contributed by atoms with van der Waals surface area (Å²) in [7, 11) is 4.12. The van der Waals surface area contributed by atoms with Gasteiger partial charge in [0.1, 0.15) is 5.75 Å². The average Bonchev–Trinajstić information content (AvgIpc) is 3.12. The number of imide groups is 1. The smallest absolute Gasteiger partial charge is 0.266 e. The normalized spacial score (nSPS) is 12.3. The lowest BCUT2D eigenvalue weighted by Gasteiger charge is -2.17. The number of ether oxygens (including phenoxy) is 3. The summed E-state index contributed by atoms with van der Waals surface area (Å²) in [6.07, 6.45) is 0. The van der Waals surface area contributed by atoms with Crippen molar-refractivity contribution in [1.29, 1.82) is 0 Å². The van der Waals surface area contributed by atoms with E-state index in [0.717, 1.165) is 4.90 Å². The summed E-state index contributed by atoms with van der Waals surface area (Å²) in [6, 6.07) is 13.0. The molecule has 4 rings (SSSR count). The molecule has 1 aliphatic rings. The third-order valence-corrected chi connectivity index (χ3v) is 5.47. The Labute approximate surface area is 199 Å². The van der Waals surface area contributed by atoms with Gasteiger partial charge in [-0.3, -0.25) is 14.4 Å². The van der Waals surface area contributed by atoms with Gasteiger partial charge in [-0.25, -0.2) is 4.90 Å². The fraction of sp³-hybridized carbons (Fsp3) is 0.120. The SMILES string of the molecule is COc1cc(NC(=O)c2ccc3c(c2)C(=O)N(c2ccccc2OC)C3=O)c(C(=O)[O-])cc1OC. The molecule has 10 nitrogen and oxygen atoms in total. The molecule has 0 fully saturated rings. The van der Waals surface area contributed by atoms with Gasteiger partial charge in [-0.05, 0) is 36.4 Å². The molecule has 10 heteroatoms. The van der Waals surface area contributed by atoms with Crippen LogP contribution in [0.4, 0.5) is 11.4 Å². The van der Waals surface area contributed by atoms with Gasteiger partial charge in [-0.2, -0.15) is 0 Å². The highest BCUT2D eigenvalue weighted by atomic mass is 16.5. The summed E-state index contributed by atoms with van der Waals surface area (Å²) >= 11 is 0. The van der Waals surface area contributed by atoms with E-state index in [2.05, 4.69) is 5.32 Å². The van der Waals surface area contributed by atoms with Crippen LogP contribution in [0.25, 0.3) is 0 Å². The summed E-state index contributed by atoms with van der Waals surface area (Å²) in [6.45, 7) is 0. The first-order valence-electron chi connectivity index (χ1n) is 10.2. The molecule has 0 saturated heterocycles. The van der Waals surface area contributed by atoms with Gasteiger partial charge in [0.05, 0.1) is 49.8 Å². The first-order valence-corrected chi connectivity index (χ1v) is 10.2. The van der Waals surface area contributed by atoms with Crippen molar-refractivity contribution >= 4 is 35.1 Å². The number of rotatable bonds is 7. The highest BCUT2D eigenvalue weighted by molar-refractivity contribution is 6.35. The molecule has 0 radical (unpaired) electrons. The average molecular weight is 475 g/mol. The van der Waals surface area contributed by atoms with E-state index in [1.807, 2.05) is 0 Å². The number of methoxy groups -OCH3 is 3. The summed E-state index contributed by atoms with van der Waals surface area (Å²) in [5.41, 5.74) is 0.0407. The maximum absolute atomic E-state index is 13.1. The zero-order chi connectivity index (χ0) is 25.3. The molecule has 3 aromatic rings. The Bertz CT molecular complexity index is 1380. The Morgan fingerprint density at radius 2 is 1.43 bits per heavy atom. The second-order valence-corrected chi connectivity index (χ2v) is 7.37. The third kappa shape index (κ3) is 4.01. The number of amides is 3. The number of fused-ring (bicyclic) bond motifs is 1. The van der Waals surface area contributed by atoms with Crippen LogP contribution in [0.5, 0.6) is 17.2 Å². The van der Waals surface area contributed by atoms with Crippen molar-refractivity contribution in [2.24, 2.45) is 0 Å². The van der Waals surface area contributed by atoms with Crippen LogP contribution in [0.2, 0.25) is 0 Å². The highest BCUT2D eigenvalue weighted by Crippen LogP contribution is 2.36. The number of carbonyl (C=O) groups is 4. The van der Waals surface area contributed by atoms with E-state index in [1.54, 1.807) is 24.3 Å². The molecule has 1 heterocycles. The Balaban J connectivity index is 1.68. The molecule has 0 aliphatic carbocycles. The quantitative estimate of drug-likeness (QED) is 0.514. The maximum atomic E-state index is 13.1. The van der Waals surface area contributed by atoms with E-state index in [1.165, 1.54) is 51.7 Å². The molecule has 178 valence electrons. The number of carboxylic acid groups (broad SMARTS) is 1. The van der Waals surface area contributed by atoms with Gasteiger partial charge in [0.15, 0.2) is 11.5 Å². The zero-order valence-electron chi connectivity index (χ0n) is 18.9. The van der Waals surface area contributed by atoms with Crippen LogP contribution in [0.1, 0.15) is 41.4 Å². The van der Waals surface area contributed by atoms with E-state index in [0.29, 0.717) is 5.75 Å². The number of hydrogen-bond donors (Lipinski definition) is 1. The number of benzene rings is 3. The molecule has 1 aliphatic heterocycles. The summed E-state index contributed by atoms with van der Waals surface area (Å²) in [5, 5.41) is 14.1. The van der Waals surface area contributed by atoms with Crippen molar-refractivity contribution in [3.05, 3.63) is 76.9 Å². The molecule has 0 unspecified atom stereocenters. The molecule has 0 aromatic heterocycles. The molecule has 3 aromatic carbocycles. The first kappa shape index (κ1) is 23.3. The number of nitrogens with zero attached hydrogens (tertiary/aromatic N) is 1. The van der Waals surface area contributed by atoms with Crippen molar-refractivity contribution < 1.29 is 38.5 Å². The van der Waals surface area contributed by atoms with Crippen molar-refractivity contribution in [2.45, 2.75) is 0 Å². The molecule has 0 saturated carbocycles. The third-order valence-electron chi connectivity index (χ3n) is 5.47. The van der Waals surface area contributed by atoms with Gasteiger partial charge in [0.2, 0.25) is 0 Å². The molecule has 35 heavy (non-hydrogen) atoms. The Morgan fingerprint density at radius 1 is 0.800 bits per heavy atom. The number of carbonyl (C=O) groups excluding carboxylic acids is 4. The van der Waals surface area contributed by atoms with Gasteiger partial charge >= 0.3 is 0 Å². The van der Waals surface area contributed by atoms with Crippen LogP contribution in [0.3, 0.4) is 0 Å². The zero-order valence-corrected chi connectivity index (χ0v) is 18.9. The fourth-order valence-electron chi connectivity index (χ4n) is 3.76. The molecule has 0 spiro atoms. The topological polar surface area (TPSA) is 134 Å². The summed E-state index contributed by atoms with van der Waals surface area (Å²) in [4.78, 5) is 51.6. The highest BCUT2D eigenvalue weighted by Gasteiger charge is 2.38. The van der Waals surface area contributed by atoms with E-state index >= 15 is 0 Å². The van der Waals surface area contributed by atoms with Gasteiger partial charge in [-0.1, -0.05) is 12.1 Å². The van der Waals surface area contributed by atoms with Crippen LogP contribution in [0, 0.1) is 0 Å². The predicted octanol–water partition coefficient (Wildman–Crippen LogP) is 2.13. The van der Waals surface area contributed by atoms with E-state index in [4.69, 9.17) is 14.2 Å². The van der Waals surface area contributed by atoms with Crippen LogP contribution < -0.4 is 29.5 Å². The summed E-state index contributed by atoms with van der Waals surface area (Å²) < 4.78 is 15.5. The van der Waals surface area contributed by atoms with E-state index in [-0.39, 0.29) is 45.1 Å². The van der Waals surface area contributed by atoms with Gasteiger partial charge in [0.25, 0.3) is 17.7 Å². The van der Waals surface area contributed by atoms with Crippen LogP contribution >= 0.6 is 0 Å². The number of nitrogens with one attached hydrogen (secondary N) is 1. The number of carboxylic acids is 1. The molecule has 3 amide bonds. The summed E-state index contributed by atoms with van der Waals surface area (Å²) in [5.74, 6) is -2.76. The van der Waals surface area contributed by atoms with Gasteiger partial charge < -0.3 is 29.4 Å². The minimum atomic E-state index is -1.54.